The maximum absolute atomic E-state index is 9.77. The second-order valence-corrected chi connectivity index (χ2v) is 9.19. The maximum Gasteiger partial charge on any atom is 0.119 e. The predicted molar refractivity (Wildman–Crippen MR) is 129 cm³/mol. The first-order valence-electron chi connectivity index (χ1n) is 11.8. The Kier molecular flexibility index (Phi) is 6.44. The van der Waals surface area contributed by atoms with E-state index in [4.69, 9.17) is 9.47 Å². The predicted octanol–water partition coefficient (Wildman–Crippen LogP) is 5.36. The molecular formula is C29H30N2O2. The van der Waals surface area contributed by atoms with Crippen LogP contribution in [0.4, 0.5) is 0 Å². The van der Waals surface area contributed by atoms with Gasteiger partial charge in [0.25, 0.3) is 0 Å². The Hall–Kier alpha value is -3.13. The third kappa shape index (κ3) is 4.66. The molecule has 2 aliphatic rings. The lowest BCUT2D eigenvalue weighted by Crippen LogP contribution is -2.50. The second-order valence-electron chi connectivity index (χ2n) is 9.19. The maximum atomic E-state index is 9.77. The zero-order chi connectivity index (χ0) is 22.5. The fourth-order valence-corrected chi connectivity index (χ4v) is 5.08. The summed E-state index contributed by atoms with van der Waals surface area (Å²) in [6, 6.07) is 32.4. The molecular weight excluding hydrogens is 408 g/mol. The normalized spacial score (nSPS) is 18.4. The monoisotopic (exact) mass is 438 g/mol. The van der Waals surface area contributed by atoms with Crippen molar-refractivity contribution in [3.63, 3.8) is 0 Å². The van der Waals surface area contributed by atoms with Crippen molar-refractivity contribution in [1.82, 2.24) is 4.90 Å². The van der Waals surface area contributed by atoms with E-state index in [2.05, 4.69) is 83.8 Å². The van der Waals surface area contributed by atoms with E-state index in [1.807, 2.05) is 12.1 Å². The van der Waals surface area contributed by atoms with Gasteiger partial charge in [0.15, 0.2) is 0 Å². The quantitative estimate of drug-likeness (QED) is 0.498. The lowest BCUT2D eigenvalue weighted by Gasteiger charge is -2.44. The van der Waals surface area contributed by atoms with Crippen LogP contribution in [0.1, 0.15) is 35.6 Å². The minimum atomic E-state index is -0.421. The number of likely N-dealkylation sites (tertiary alicyclic amines) is 1. The first-order chi connectivity index (χ1) is 16.3. The third-order valence-electron chi connectivity index (χ3n) is 7.03. The molecule has 0 amide bonds. The van der Waals surface area contributed by atoms with Crippen molar-refractivity contribution in [3.8, 4) is 11.8 Å². The number of rotatable bonds is 7. The Morgan fingerprint density at radius 3 is 2.00 bits per heavy atom. The van der Waals surface area contributed by atoms with Crippen LogP contribution >= 0.6 is 0 Å². The third-order valence-corrected chi connectivity index (χ3v) is 7.03. The molecule has 0 N–H and O–H groups in total. The highest BCUT2D eigenvalue weighted by Gasteiger charge is 2.35. The van der Waals surface area contributed by atoms with E-state index in [-0.39, 0.29) is 6.04 Å². The molecule has 0 bridgehead atoms. The number of hydrogen-bond acceptors (Lipinski definition) is 4. The average Bonchev–Trinajstić information content (AvgIpc) is 2.87. The van der Waals surface area contributed by atoms with Crippen molar-refractivity contribution < 1.29 is 9.47 Å². The van der Waals surface area contributed by atoms with Crippen molar-refractivity contribution in [1.29, 1.82) is 5.26 Å². The molecule has 0 spiro atoms. The highest BCUT2D eigenvalue weighted by Crippen LogP contribution is 2.36. The van der Waals surface area contributed by atoms with Crippen LogP contribution in [0.2, 0.25) is 0 Å². The van der Waals surface area contributed by atoms with Gasteiger partial charge in [0, 0.05) is 32.2 Å². The van der Waals surface area contributed by atoms with Gasteiger partial charge in [-0.2, -0.15) is 5.26 Å². The summed E-state index contributed by atoms with van der Waals surface area (Å²) in [7, 11) is 0. The molecule has 33 heavy (non-hydrogen) atoms. The molecule has 4 nitrogen and oxygen atoms in total. The minimum absolute atomic E-state index is 0.282. The molecule has 4 heteroatoms. The van der Waals surface area contributed by atoms with Crippen molar-refractivity contribution in [3.05, 3.63) is 102 Å². The van der Waals surface area contributed by atoms with E-state index in [1.165, 1.54) is 11.1 Å². The lowest BCUT2D eigenvalue weighted by molar-refractivity contribution is 0.0378. The van der Waals surface area contributed by atoms with Crippen LogP contribution in [0.5, 0.6) is 5.75 Å². The van der Waals surface area contributed by atoms with Crippen LogP contribution in [0.15, 0.2) is 84.9 Å². The molecule has 0 aliphatic carbocycles. The van der Waals surface area contributed by atoms with Gasteiger partial charge in [-0.25, -0.2) is 0 Å². The van der Waals surface area contributed by atoms with Gasteiger partial charge in [0.05, 0.1) is 24.1 Å². The van der Waals surface area contributed by atoms with Gasteiger partial charge in [-0.05, 0) is 41.7 Å². The number of hydrogen-bond donors (Lipinski definition) is 0. The Labute approximate surface area is 196 Å². The molecule has 3 aromatic rings. The topological polar surface area (TPSA) is 45.5 Å². The van der Waals surface area contributed by atoms with Crippen LogP contribution in [-0.4, -0.2) is 37.8 Å². The van der Waals surface area contributed by atoms with Crippen molar-refractivity contribution >= 4 is 0 Å². The zero-order valence-electron chi connectivity index (χ0n) is 18.9. The second kappa shape index (κ2) is 9.79. The van der Waals surface area contributed by atoms with Gasteiger partial charge in [0.2, 0.25) is 0 Å². The van der Waals surface area contributed by atoms with E-state index in [1.54, 1.807) is 0 Å². The fraction of sp³-hybridized carbons (Fsp3) is 0.345. The highest BCUT2D eigenvalue weighted by atomic mass is 16.5. The smallest absolute Gasteiger partial charge is 0.119 e. The van der Waals surface area contributed by atoms with Gasteiger partial charge in [0.1, 0.15) is 5.75 Å². The molecule has 2 fully saturated rings. The van der Waals surface area contributed by atoms with Crippen LogP contribution < -0.4 is 4.74 Å². The Morgan fingerprint density at radius 2 is 1.45 bits per heavy atom. The molecule has 0 saturated carbocycles. The molecule has 0 radical (unpaired) electrons. The number of nitriles is 1. The Balaban J connectivity index is 1.19. The summed E-state index contributed by atoms with van der Waals surface area (Å²) in [6.07, 6.45) is 1.51. The SMILES string of the molecule is N#CC1(c2ccc(OCC3CN(C(c4ccccc4)c4ccccc4)C3)cc2)CCOCC1. The van der Waals surface area contributed by atoms with Crippen molar-refractivity contribution in [2.75, 3.05) is 32.9 Å². The summed E-state index contributed by atoms with van der Waals surface area (Å²) in [5.74, 6) is 1.39. The summed E-state index contributed by atoms with van der Waals surface area (Å²) < 4.78 is 11.6. The number of ether oxygens (including phenoxy) is 2. The van der Waals surface area contributed by atoms with Crippen LogP contribution in [0.25, 0.3) is 0 Å². The Morgan fingerprint density at radius 1 is 0.879 bits per heavy atom. The zero-order valence-corrected chi connectivity index (χ0v) is 18.9. The first kappa shape index (κ1) is 21.7. The molecule has 3 aromatic carbocycles. The van der Waals surface area contributed by atoms with Crippen molar-refractivity contribution in [2.45, 2.75) is 24.3 Å². The van der Waals surface area contributed by atoms with Crippen LogP contribution in [0, 0.1) is 17.2 Å². The number of nitrogens with zero attached hydrogens (tertiary/aromatic N) is 2. The average molecular weight is 439 g/mol. The van der Waals surface area contributed by atoms with Gasteiger partial charge in [-0.15, -0.1) is 0 Å². The lowest BCUT2D eigenvalue weighted by atomic mass is 9.75. The molecule has 0 aromatic heterocycles. The fourth-order valence-electron chi connectivity index (χ4n) is 5.08. The summed E-state index contributed by atoms with van der Waals surface area (Å²) in [6.45, 7) is 4.05. The first-order valence-corrected chi connectivity index (χ1v) is 11.8. The number of benzene rings is 3. The molecule has 168 valence electrons. The van der Waals surface area contributed by atoms with E-state index >= 15 is 0 Å². The molecule has 5 rings (SSSR count). The largest absolute Gasteiger partial charge is 0.493 e. The summed E-state index contributed by atoms with van der Waals surface area (Å²) >= 11 is 0. The molecule has 2 saturated heterocycles. The van der Waals surface area contributed by atoms with Gasteiger partial charge >= 0.3 is 0 Å². The van der Waals surface area contributed by atoms with Crippen LogP contribution in [0.3, 0.4) is 0 Å². The highest BCUT2D eigenvalue weighted by molar-refractivity contribution is 5.37. The van der Waals surface area contributed by atoms with E-state index < -0.39 is 5.41 Å². The van der Waals surface area contributed by atoms with E-state index in [0.29, 0.717) is 25.7 Å². The van der Waals surface area contributed by atoms with Gasteiger partial charge in [-0.1, -0.05) is 72.8 Å². The summed E-state index contributed by atoms with van der Waals surface area (Å²) in [5, 5.41) is 9.77. The molecule has 0 atom stereocenters. The summed E-state index contributed by atoms with van der Waals surface area (Å²) in [5.41, 5.74) is 3.32. The molecule has 2 aliphatic heterocycles. The van der Waals surface area contributed by atoms with Gasteiger partial charge < -0.3 is 9.47 Å². The van der Waals surface area contributed by atoms with E-state index in [9.17, 15) is 5.26 Å². The summed E-state index contributed by atoms with van der Waals surface area (Å²) in [4.78, 5) is 2.53. The van der Waals surface area contributed by atoms with Crippen LogP contribution in [-0.2, 0) is 10.2 Å². The Bertz CT molecular complexity index is 1020. The standard InChI is InChI=1S/C29H30N2O2/c30-22-29(15-17-32-18-16-29)26-11-13-27(14-12-26)33-21-23-19-31(20-23)28(24-7-3-1-4-8-24)25-9-5-2-6-10-25/h1-14,23,28H,15-21H2. The van der Waals surface area contributed by atoms with Crippen molar-refractivity contribution in [2.24, 2.45) is 5.92 Å². The van der Waals surface area contributed by atoms with E-state index in [0.717, 1.165) is 37.2 Å². The molecule has 2 heterocycles. The minimum Gasteiger partial charge on any atom is -0.493 e. The molecule has 0 unspecified atom stereocenters. The van der Waals surface area contributed by atoms with Gasteiger partial charge in [-0.3, -0.25) is 4.90 Å².